The van der Waals surface area contributed by atoms with E-state index in [0.29, 0.717) is 5.56 Å². The van der Waals surface area contributed by atoms with Gasteiger partial charge in [-0.3, -0.25) is 4.79 Å². The number of hydrogen-bond acceptors (Lipinski definition) is 4. The fourth-order valence-corrected chi connectivity index (χ4v) is 1.60. The van der Waals surface area contributed by atoms with Gasteiger partial charge in [0.1, 0.15) is 0 Å². The molecule has 6 heteroatoms. The van der Waals surface area contributed by atoms with E-state index in [0.717, 1.165) is 0 Å². The molecule has 0 aliphatic rings. The van der Waals surface area contributed by atoms with Crippen molar-refractivity contribution in [1.29, 1.82) is 0 Å². The lowest BCUT2D eigenvalue weighted by atomic mass is 10.0. The van der Waals surface area contributed by atoms with Crippen molar-refractivity contribution in [3.63, 3.8) is 0 Å². The molecule has 0 aliphatic heterocycles. The lowest BCUT2D eigenvalue weighted by Crippen LogP contribution is -2.22. The van der Waals surface area contributed by atoms with Crippen LogP contribution in [0.4, 0.5) is 0 Å². The minimum absolute atomic E-state index is 0.0165. The monoisotopic (exact) mass is 265 g/mol. The Morgan fingerprint density at radius 1 is 1.32 bits per heavy atom. The molecule has 2 N–H and O–H groups in total. The molecule has 1 amide bonds. The molecule has 0 atom stereocenters. The third-order valence-electron chi connectivity index (χ3n) is 2.39. The summed E-state index contributed by atoms with van der Waals surface area (Å²) < 4.78 is 4.81. The molecule has 0 spiro atoms. The standard InChI is InChI=1S/C13H15NO5/c1-3-19-13(18)10-6-4-5-9(7-14-8(2)15)11(10)12(16)17/h4-6H,3,7H2,1-2H3,(H,14,15)(H,16,17). The quantitative estimate of drug-likeness (QED) is 0.780. The van der Waals surface area contributed by atoms with Crippen molar-refractivity contribution in [2.45, 2.75) is 20.4 Å². The number of amides is 1. The number of aromatic carboxylic acids is 1. The molecule has 0 heterocycles. The van der Waals surface area contributed by atoms with E-state index in [1.165, 1.54) is 13.0 Å². The van der Waals surface area contributed by atoms with E-state index >= 15 is 0 Å². The zero-order chi connectivity index (χ0) is 14.4. The molecule has 0 aromatic heterocycles. The average molecular weight is 265 g/mol. The van der Waals surface area contributed by atoms with Crippen LogP contribution in [0.1, 0.15) is 40.1 Å². The molecule has 1 rings (SSSR count). The highest BCUT2D eigenvalue weighted by atomic mass is 16.5. The summed E-state index contributed by atoms with van der Waals surface area (Å²) in [4.78, 5) is 33.8. The molecule has 1 aromatic rings. The maximum absolute atomic E-state index is 11.7. The number of rotatable bonds is 5. The van der Waals surface area contributed by atoms with Gasteiger partial charge in [-0.2, -0.15) is 0 Å². The molecule has 1 aromatic carbocycles. The molecule has 19 heavy (non-hydrogen) atoms. The van der Waals surface area contributed by atoms with E-state index in [2.05, 4.69) is 5.32 Å². The summed E-state index contributed by atoms with van der Waals surface area (Å²) >= 11 is 0. The Hall–Kier alpha value is -2.37. The summed E-state index contributed by atoms with van der Waals surface area (Å²) in [5.41, 5.74) is 0.195. The largest absolute Gasteiger partial charge is 0.478 e. The first kappa shape index (κ1) is 14.7. The fourth-order valence-electron chi connectivity index (χ4n) is 1.60. The van der Waals surface area contributed by atoms with Crippen LogP contribution in [0.15, 0.2) is 18.2 Å². The lowest BCUT2D eigenvalue weighted by Gasteiger charge is -2.11. The Labute approximate surface area is 110 Å². The van der Waals surface area contributed by atoms with E-state index in [4.69, 9.17) is 4.74 Å². The van der Waals surface area contributed by atoms with Gasteiger partial charge >= 0.3 is 11.9 Å². The average Bonchev–Trinajstić information content (AvgIpc) is 2.35. The maximum atomic E-state index is 11.7. The van der Waals surface area contributed by atoms with Gasteiger partial charge in [0, 0.05) is 13.5 Å². The summed E-state index contributed by atoms with van der Waals surface area (Å²) in [6, 6.07) is 4.48. The van der Waals surface area contributed by atoms with Crippen LogP contribution in [0.25, 0.3) is 0 Å². The predicted octanol–water partition coefficient (Wildman–Crippen LogP) is 1.20. The van der Waals surface area contributed by atoms with Gasteiger partial charge in [-0.05, 0) is 18.6 Å². The first-order chi connectivity index (χ1) is 8.97. The summed E-state index contributed by atoms with van der Waals surface area (Å²) in [7, 11) is 0. The van der Waals surface area contributed by atoms with Crippen LogP contribution in [0.3, 0.4) is 0 Å². The van der Waals surface area contributed by atoms with Crippen molar-refractivity contribution >= 4 is 17.8 Å². The number of benzene rings is 1. The van der Waals surface area contributed by atoms with Crippen LogP contribution in [0, 0.1) is 0 Å². The third kappa shape index (κ3) is 3.80. The molecular formula is C13H15NO5. The molecule has 0 unspecified atom stereocenters. The number of hydrogen-bond donors (Lipinski definition) is 2. The highest BCUT2D eigenvalue weighted by Gasteiger charge is 2.21. The van der Waals surface area contributed by atoms with Crippen LogP contribution in [-0.4, -0.2) is 29.6 Å². The van der Waals surface area contributed by atoms with Crippen molar-refractivity contribution in [3.05, 3.63) is 34.9 Å². The second-order valence-electron chi connectivity index (χ2n) is 3.78. The Kier molecular flexibility index (Phi) is 5.05. The molecule has 0 saturated carbocycles. The van der Waals surface area contributed by atoms with Crippen molar-refractivity contribution in [1.82, 2.24) is 5.32 Å². The van der Waals surface area contributed by atoms with Crippen molar-refractivity contribution in [3.8, 4) is 0 Å². The minimum atomic E-state index is -1.23. The van der Waals surface area contributed by atoms with Crippen LogP contribution < -0.4 is 5.32 Å². The van der Waals surface area contributed by atoms with Crippen LogP contribution in [-0.2, 0) is 16.1 Å². The number of nitrogens with one attached hydrogen (secondary N) is 1. The van der Waals surface area contributed by atoms with E-state index in [-0.39, 0.29) is 30.2 Å². The van der Waals surface area contributed by atoms with Gasteiger partial charge in [-0.25, -0.2) is 9.59 Å². The van der Waals surface area contributed by atoms with E-state index in [1.54, 1.807) is 19.1 Å². The molecule has 0 fully saturated rings. The van der Waals surface area contributed by atoms with Gasteiger partial charge in [-0.15, -0.1) is 0 Å². The Morgan fingerprint density at radius 2 is 2.00 bits per heavy atom. The number of carbonyl (C=O) groups is 3. The number of carboxylic acids is 1. The van der Waals surface area contributed by atoms with Gasteiger partial charge in [0.15, 0.2) is 0 Å². The fraction of sp³-hybridized carbons (Fsp3) is 0.308. The normalized spacial score (nSPS) is 9.79. The SMILES string of the molecule is CCOC(=O)c1cccc(CNC(C)=O)c1C(=O)O. The van der Waals surface area contributed by atoms with Crippen molar-refractivity contribution in [2.75, 3.05) is 6.61 Å². The highest BCUT2D eigenvalue weighted by molar-refractivity contribution is 6.03. The van der Waals surface area contributed by atoms with E-state index in [9.17, 15) is 19.5 Å². The first-order valence-corrected chi connectivity index (χ1v) is 5.74. The Morgan fingerprint density at radius 3 is 2.53 bits per heavy atom. The van der Waals surface area contributed by atoms with Gasteiger partial charge in [0.2, 0.25) is 5.91 Å². The van der Waals surface area contributed by atoms with Crippen LogP contribution >= 0.6 is 0 Å². The minimum Gasteiger partial charge on any atom is -0.478 e. The zero-order valence-electron chi connectivity index (χ0n) is 10.7. The number of carbonyl (C=O) groups excluding carboxylic acids is 2. The molecule has 6 nitrogen and oxygen atoms in total. The molecular weight excluding hydrogens is 250 g/mol. The summed E-state index contributed by atoms with van der Waals surface area (Å²) in [5.74, 6) is -2.20. The number of esters is 1. The Balaban J connectivity index is 3.17. The van der Waals surface area contributed by atoms with Gasteiger partial charge in [0.05, 0.1) is 17.7 Å². The van der Waals surface area contributed by atoms with E-state index < -0.39 is 11.9 Å². The molecule has 0 radical (unpaired) electrons. The van der Waals surface area contributed by atoms with Crippen molar-refractivity contribution < 1.29 is 24.2 Å². The van der Waals surface area contributed by atoms with Crippen molar-refractivity contribution in [2.24, 2.45) is 0 Å². The highest BCUT2D eigenvalue weighted by Crippen LogP contribution is 2.16. The van der Waals surface area contributed by atoms with Crippen LogP contribution in [0.5, 0.6) is 0 Å². The summed E-state index contributed by atoms with van der Waals surface area (Å²) in [6.45, 7) is 3.17. The summed E-state index contributed by atoms with van der Waals surface area (Å²) in [5, 5.41) is 11.7. The topological polar surface area (TPSA) is 92.7 Å². The maximum Gasteiger partial charge on any atom is 0.339 e. The second kappa shape index (κ2) is 6.53. The zero-order valence-corrected chi connectivity index (χ0v) is 10.7. The molecule has 102 valence electrons. The Bertz CT molecular complexity index is 510. The van der Waals surface area contributed by atoms with Crippen LogP contribution in [0.2, 0.25) is 0 Å². The smallest absolute Gasteiger partial charge is 0.339 e. The first-order valence-electron chi connectivity index (χ1n) is 5.74. The van der Waals surface area contributed by atoms with Gasteiger partial charge in [0.25, 0.3) is 0 Å². The molecule has 0 bridgehead atoms. The number of carboxylic acid groups (broad SMARTS) is 1. The summed E-state index contributed by atoms with van der Waals surface area (Å²) in [6.07, 6.45) is 0. The predicted molar refractivity (Wildman–Crippen MR) is 66.9 cm³/mol. The van der Waals surface area contributed by atoms with Gasteiger partial charge in [-0.1, -0.05) is 12.1 Å². The molecule has 0 aliphatic carbocycles. The molecule has 0 saturated heterocycles. The number of ether oxygens (including phenoxy) is 1. The van der Waals surface area contributed by atoms with E-state index in [1.807, 2.05) is 0 Å². The third-order valence-corrected chi connectivity index (χ3v) is 2.39. The van der Waals surface area contributed by atoms with Gasteiger partial charge < -0.3 is 15.2 Å². The lowest BCUT2D eigenvalue weighted by molar-refractivity contribution is -0.119. The second-order valence-corrected chi connectivity index (χ2v) is 3.78.